The number of pyridine rings is 1. The number of rotatable bonds is 6. The Bertz CT molecular complexity index is 1070. The first-order chi connectivity index (χ1) is 17.1. The van der Waals surface area contributed by atoms with Crippen molar-refractivity contribution in [3.8, 4) is 5.75 Å². The van der Waals surface area contributed by atoms with Gasteiger partial charge in [0, 0.05) is 56.7 Å². The lowest BCUT2D eigenvalue weighted by molar-refractivity contribution is -0.135. The van der Waals surface area contributed by atoms with Crippen LogP contribution in [0.15, 0.2) is 48.8 Å². The minimum Gasteiger partial charge on any atom is -0.497 e. The molecule has 0 spiro atoms. The third kappa shape index (κ3) is 4.86. The van der Waals surface area contributed by atoms with Crippen molar-refractivity contribution in [3.05, 3.63) is 59.9 Å². The minimum absolute atomic E-state index is 0.0427. The van der Waals surface area contributed by atoms with E-state index in [0.717, 1.165) is 25.9 Å². The van der Waals surface area contributed by atoms with E-state index >= 15 is 0 Å². The summed E-state index contributed by atoms with van der Waals surface area (Å²) < 4.78 is 5.23. The van der Waals surface area contributed by atoms with Gasteiger partial charge in [-0.05, 0) is 55.7 Å². The van der Waals surface area contributed by atoms with Crippen molar-refractivity contribution < 1.29 is 19.1 Å². The van der Waals surface area contributed by atoms with Gasteiger partial charge in [-0.1, -0.05) is 0 Å². The monoisotopic (exact) mass is 477 g/mol. The third-order valence-corrected chi connectivity index (χ3v) is 7.07. The molecule has 1 aliphatic carbocycles. The highest BCUT2D eigenvalue weighted by molar-refractivity contribution is 5.98. The van der Waals surface area contributed by atoms with Crippen molar-refractivity contribution in [1.29, 1.82) is 0 Å². The molecule has 184 valence electrons. The Labute approximate surface area is 205 Å². The van der Waals surface area contributed by atoms with Gasteiger partial charge in [0.25, 0.3) is 11.8 Å². The van der Waals surface area contributed by atoms with Crippen molar-refractivity contribution in [3.63, 3.8) is 0 Å². The highest BCUT2D eigenvalue weighted by Gasteiger charge is 2.48. The van der Waals surface area contributed by atoms with Gasteiger partial charge >= 0.3 is 0 Å². The van der Waals surface area contributed by atoms with Crippen molar-refractivity contribution >= 4 is 17.7 Å². The molecule has 35 heavy (non-hydrogen) atoms. The molecule has 3 aliphatic rings. The molecule has 3 heterocycles. The average Bonchev–Trinajstić information content (AvgIpc) is 3.66. The molecule has 9 heteroatoms. The molecule has 9 nitrogen and oxygen atoms in total. The van der Waals surface area contributed by atoms with Crippen LogP contribution in [0.5, 0.6) is 5.75 Å². The largest absolute Gasteiger partial charge is 0.497 e. The zero-order chi connectivity index (χ0) is 24.4. The van der Waals surface area contributed by atoms with E-state index in [2.05, 4.69) is 10.3 Å². The van der Waals surface area contributed by atoms with E-state index in [0.29, 0.717) is 42.9 Å². The molecular weight excluding hydrogens is 446 g/mol. The van der Waals surface area contributed by atoms with Gasteiger partial charge in [-0.25, -0.2) is 0 Å². The molecule has 1 aromatic carbocycles. The topological polar surface area (TPSA) is 95.1 Å². The maximum absolute atomic E-state index is 13.6. The van der Waals surface area contributed by atoms with Crippen LogP contribution in [0, 0.1) is 0 Å². The Morgan fingerprint density at radius 3 is 2.40 bits per heavy atom. The number of benzene rings is 1. The molecule has 3 amide bonds. The first-order valence-electron chi connectivity index (χ1n) is 12.2. The Morgan fingerprint density at radius 2 is 1.77 bits per heavy atom. The van der Waals surface area contributed by atoms with Crippen molar-refractivity contribution in [2.75, 3.05) is 39.8 Å². The van der Waals surface area contributed by atoms with Crippen LogP contribution in [0.3, 0.4) is 0 Å². The summed E-state index contributed by atoms with van der Waals surface area (Å²) in [6.07, 6.45) is 5.46. The van der Waals surface area contributed by atoms with Gasteiger partial charge in [0.1, 0.15) is 11.8 Å². The molecule has 0 radical (unpaired) electrons. The zero-order valence-electron chi connectivity index (χ0n) is 19.9. The molecule has 1 aromatic heterocycles. The summed E-state index contributed by atoms with van der Waals surface area (Å²) in [7, 11) is 1.59. The van der Waals surface area contributed by atoms with E-state index < -0.39 is 6.04 Å². The number of methoxy groups -OCH3 is 1. The average molecular weight is 478 g/mol. The fourth-order valence-corrected chi connectivity index (χ4v) is 5.09. The Morgan fingerprint density at radius 1 is 1.03 bits per heavy atom. The molecule has 2 aliphatic heterocycles. The lowest BCUT2D eigenvalue weighted by Crippen LogP contribution is -2.53. The first-order valence-corrected chi connectivity index (χ1v) is 12.2. The molecule has 2 aromatic rings. The second kappa shape index (κ2) is 10.0. The maximum Gasteiger partial charge on any atom is 0.256 e. The van der Waals surface area contributed by atoms with Crippen molar-refractivity contribution in [2.24, 2.45) is 0 Å². The summed E-state index contributed by atoms with van der Waals surface area (Å²) >= 11 is 0. The number of nitrogens with one attached hydrogen (secondary N) is 1. The van der Waals surface area contributed by atoms with Crippen LogP contribution >= 0.6 is 0 Å². The number of nitrogens with zero attached hydrogens (tertiary/aromatic N) is 4. The molecule has 2 atom stereocenters. The molecule has 2 unspecified atom stereocenters. The molecule has 1 saturated carbocycles. The second-order valence-corrected chi connectivity index (χ2v) is 9.35. The summed E-state index contributed by atoms with van der Waals surface area (Å²) in [5.41, 5.74) is 1.03. The van der Waals surface area contributed by atoms with Gasteiger partial charge in [-0.2, -0.15) is 0 Å². The standard InChI is InChI=1S/C26H31N5O4/c1-35-22-8-4-18(5-9-22)25(33)31(20-6-7-20)21-15-23(26(34)29-13-11-27-12-14-29)30(17-21)24(32)19-3-2-10-28-16-19/h2-5,8-10,16,20-21,23,27H,6-7,11-15,17H2,1H3. The van der Waals surface area contributed by atoms with E-state index in [-0.39, 0.29) is 29.8 Å². The number of carbonyl (C=O) groups excluding carboxylic acids is 3. The minimum atomic E-state index is -0.601. The SMILES string of the molecule is COc1ccc(C(=O)N(C2CC2)C2CC(C(=O)N3CCNCC3)N(C(=O)c3cccnc3)C2)cc1. The lowest BCUT2D eigenvalue weighted by atomic mass is 10.1. The summed E-state index contributed by atoms with van der Waals surface area (Å²) in [4.78, 5) is 50.2. The van der Waals surface area contributed by atoms with E-state index in [1.165, 1.54) is 6.20 Å². The maximum atomic E-state index is 13.6. The molecule has 0 bridgehead atoms. The van der Waals surface area contributed by atoms with Gasteiger partial charge in [0.2, 0.25) is 5.91 Å². The van der Waals surface area contributed by atoms with Crippen LogP contribution in [0.1, 0.15) is 40.0 Å². The number of hydrogen-bond donors (Lipinski definition) is 1. The first kappa shape index (κ1) is 23.3. The van der Waals surface area contributed by atoms with Crippen LogP contribution < -0.4 is 10.1 Å². The lowest BCUT2D eigenvalue weighted by Gasteiger charge is -2.32. The van der Waals surface area contributed by atoms with Gasteiger partial charge in [0.05, 0.1) is 18.7 Å². The van der Waals surface area contributed by atoms with Gasteiger partial charge in [-0.3, -0.25) is 19.4 Å². The molecule has 3 fully saturated rings. The smallest absolute Gasteiger partial charge is 0.256 e. The van der Waals surface area contributed by atoms with Crippen molar-refractivity contribution in [2.45, 2.75) is 37.4 Å². The number of amides is 3. The highest BCUT2D eigenvalue weighted by atomic mass is 16.5. The molecular formula is C26H31N5O4. The molecule has 5 rings (SSSR count). The predicted molar refractivity (Wildman–Crippen MR) is 129 cm³/mol. The normalized spacial score (nSPS) is 22.1. The Kier molecular flexibility index (Phi) is 6.68. The van der Waals surface area contributed by atoms with Gasteiger partial charge in [-0.15, -0.1) is 0 Å². The number of carbonyl (C=O) groups is 3. The van der Waals surface area contributed by atoms with Gasteiger partial charge < -0.3 is 24.8 Å². The molecule has 1 N–H and O–H groups in total. The Balaban J connectivity index is 1.42. The quantitative estimate of drug-likeness (QED) is 0.676. The summed E-state index contributed by atoms with van der Waals surface area (Å²) in [5.74, 6) is 0.361. The van der Waals surface area contributed by atoms with E-state index in [4.69, 9.17) is 4.74 Å². The van der Waals surface area contributed by atoms with Crippen LogP contribution in [-0.4, -0.2) is 95.4 Å². The second-order valence-electron chi connectivity index (χ2n) is 9.35. The van der Waals surface area contributed by atoms with Crippen LogP contribution in [0.25, 0.3) is 0 Å². The van der Waals surface area contributed by atoms with Crippen LogP contribution in [0.4, 0.5) is 0 Å². The number of likely N-dealkylation sites (tertiary alicyclic amines) is 1. The Hall–Kier alpha value is -3.46. The predicted octanol–water partition coefficient (Wildman–Crippen LogP) is 1.41. The molecule has 2 saturated heterocycles. The number of aromatic nitrogens is 1. The van der Waals surface area contributed by atoms with Crippen LogP contribution in [-0.2, 0) is 4.79 Å². The zero-order valence-corrected chi connectivity index (χ0v) is 19.9. The van der Waals surface area contributed by atoms with E-state index in [1.54, 1.807) is 54.6 Å². The van der Waals surface area contributed by atoms with Crippen LogP contribution in [0.2, 0.25) is 0 Å². The summed E-state index contributed by atoms with van der Waals surface area (Å²) in [6, 6.07) is 9.85. The van der Waals surface area contributed by atoms with E-state index in [9.17, 15) is 14.4 Å². The number of piperazine rings is 1. The number of hydrogen-bond acceptors (Lipinski definition) is 6. The summed E-state index contributed by atoms with van der Waals surface area (Å²) in [6.45, 7) is 3.04. The fourth-order valence-electron chi connectivity index (χ4n) is 5.09. The van der Waals surface area contributed by atoms with Crippen molar-refractivity contribution in [1.82, 2.24) is 25.0 Å². The fraction of sp³-hybridized carbons (Fsp3) is 0.462. The van der Waals surface area contributed by atoms with Gasteiger partial charge in [0.15, 0.2) is 0 Å². The third-order valence-electron chi connectivity index (χ3n) is 7.07. The summed E-state index contributed by atoms with van der Waals surface area (Å²) in [5, 5.41) is 3.27. The number of ether oxygens (including phenoxy) is 1. The highest BCUT2D eigenvalue weighted by Crippen LogP contribution is 2.35. The van der Waals surface area contributed by atoms with E-state index in [1.807, 2.05) is 9.80 Å².